The number of likely N-dealkylation sites (tertiary alicyclic amines) is 1. The summed E-state index contributed by atoms with van der Waals surface area (Å²) < 4.78 is 6.14. The van der Waals surface area contributed by atoms with Gasteiger partial charge in [0.05, 0.1) is 11.9 Å². The van der Waals surface area contributed by atoms with E-state index in [1.165, 1.54) is 16.7 Å². The van der Waals surface area contributed by atoms with Crippen LogP contribution in [0.25, 0.3) is 5.82 Å². The Hall–Kier alpha value is -3.60. The maximum Gasteiger partial charge on any atom is 0.293 e. The van der Waals surface area contributed by atoms with Gasteiger partial charge in [0.1, 0.15) is 0 Å². The quantitative estimate of drug-likeness (QED) is 0.418. The molecule has 11 heteroatoms. The van der Waals surface area contributed by atoms with Gasteiger partial charge in [-0.25, -0.2) is 10.1 Å². The standard InChI is InChI=1S/C23H31N9O2/c1-15-7-5-6-12-31(15)14-18-19(26-30-32(18)21-20(24)28-34-29-21)22(33)27-25-13-16-8-10-17(11-9-16)23(2,3)4/h8-11,13,15H,5-7,12,14H2,1-4H3,(H2,24,28)(H,27,33). The van der Waals surface area contributed by atoms with Crippen molar-refractivity contribution >= 4 is 17.9 Å². The fourth-order valence-corrected chi connectivity index (χ4v) is 4.00. The Balaban J connectivity index is 1.54. The van der Waals surface area contributed by atoms with E-state index in [2.05, 4.69) is 75.9 Å². The van der Waals surface area contributed by atoms with Gasteiger partial charge in [-0.2, -0.15) is 9.78 Å². The van der Waals surface area contributed by atoms with Crippen LogP contribution in [-0.4, -0.2) is 54.9 Å². The SMILES string of the molecule is CC1CCCCN1Cc1c(C(=O)NN=Cc2ccc(C(C)(C)C)cc2)nnn1-c1nonc1N. The Labute approximate surface area is 198 Å². The zero-order chi connectivity index (χ0) is 24.3. The number of rotatable bonds is 6. The van der Waals surface area contributed by atoms with Crippen LogP contribution in [0.4, 0.5) is 5.82 Å². The van der Waals surface area contributed by atoms with Crippen LogP contribution in [0.3, 0.4) is 0 Å². The number of benzene rings is 1. The van der Waals surface area contributed by atoms with E-state index in [-0.39, 0.29) is 22.7 Å². The number of nitrogens with zero attached hydrogens (tertiary/aromatic N) is 7. The van der Waals surface area contributed by atoms with Crippen LogP contribution in [0.1, 0.15) is 74.3 Å². The summed E-state index contributed by atoms with van der Waals surface area (Å²) in [5, 5.41) is 19.8. The lowest BCUT2D eigenvalue weighted by Crippen LogP contribution is -2.38. The fourth-order valence-electron chi connectivity index (χ4n) is 4.00. The number of carbonyl (C=O) groups excluding carboxylic acids is 1. The third-order valence-electron chi connectivity index (χ3n) is 6.12. The van der Waals surface area contributed by atoms with E-state index in [0.717, 1.165) is 24.9 Å². The molecule has 1 aliphatic heterocycles. The molecule has 1 unspecified atom stereocenters. The number of anilines is 1. The van der Waals surface area contributed by atoms with Gasteiger partial charge in [-0.15, -0.1) is 5.10 Å². The Bertz CT molecular complexity index is 1160. The van der Waals surface area contributed by atoms with Crippen LogP contribution in [0, 0.1) is 0 Å². The summed E-state index contributed by atoms with van der Waals surface area (Å²) in [5.41, 5.74) is 11.3. The third kappa shape index (κ3) is 5.14. The number of hydrogen-bond donors (Lipinski definition) is 2. The van der Waals surface area contributed by atoms with Gasteiger partial charge in [-0.05, 0) is 53.2 Å². The van der Waals surface area contributed by atoms with Crippen molar-refractivity contribution in [1.82, 2.24) is 35.6 Å². The number of hydrazone groups is 1. The van der Waals surface area contributed by atoms with Gasteiger partial charge >= 0.3 is 0 Å². The number of nitrogens with one attached hydrogen (secondary N) is 1. The highest BCUT2D eigenvalue weighted by atomic mass is 16.6. The average molecular weight is 466 g/mol. The summed E-state index contributed by atoms with van der Waals surface area (Å²) in [6.45, 7) is 10.0. The molecule has 1 amide bonds. The number of nitrogens with two attached hydrogens (primary N) is 1. The maximum absolute atomic E-state index is 13.0. The predicted octanol–water partition coefficient (Wildman–Crippen LogP) is 2.67. The average Bonchev–Trinajstić information content (AvgIpc) is 3.40. The molecule has 1 fully saturated rings. The molecule has 0 saturated carbocycles. The summed E-state index contributed by atoms with van der Waals surface area (Å²) in [4.78, 5) is 15.3. The molecule has 3 heterocycles. The van der Waals surface area contributed by atoms with Gasteiger partial charge in [0.2, 0.25) is 11.6 Å². The van der Waals surface area contributed by atoms with Crippen LogP contribution in [0.15, 0.2) is 34.0 Å². The lowest BCUT2D eigenvalue weighted by atomic mass is 9.87. The van der Waals surface area contributed by atoms with E-state index in [4.69, 9.17) is 10.4 Å². The lowest BCUT2D eigenvalue weighted by molar-refractivity contribution is 0.0945. The van der Waals surface area contributed by atoms with Crippen molar-refractivity contribution in [2.24, 2.45) is 5.10 Å². The number of aromatic nitrogens is 5. The smallest absolute Gasteiger partial charge is 0.293 e. The van der Waals surface area contributed by atoms with E-state index >= 15 is 0 Å². The van der Waals surface area contributed by atoms with Crippen molar-refractivity contribution in [2.45, 2.75) is 65.0 Å². The molecular weight excluding hydrogens is 434 g/mol. The number of piperidine rings is 1. The first kappa shape index (κ1) is 23.6. The molecule has 1 aromatic carbocycles. The van der Waals surface area contributed by atoms with Gasteiger partial charge in [0.25, 0.3) is 5.91 Å². The number of nitrogen functional groups attached to an aromatic ring is 1. The Morgan fingerprint density at radius 2 is 2.03 bits per heavy atom. The molecule has 3 aromatic rings. The molecule has 2 aromatic heterocycles. The van der Waals surface area contributed by atoms with E-state index in [9.17, 15) is 4.79 Å². The van der Waals surface area contributed by atoms with Crippen molar-refractivity contribution in [3.63, 3.8) is 0 Å². The molecule has 0 aliphatic carbocycles. The highest BCUT2D eigenvalue weighted by Gasteiger charge is 2.28. The van der Waals surface area contributed by atoms with E-state index in [1.807, 2.05) is 12.1 Å². The van der Waals surface area contributed by atoms with Gasteiger partial charge in [0, 0.05) is 12.6 Å². The maximum atomic E-state index is 13.0. The zero-order valence-corrected chi connectivity index (χ0v) is 20.0. The predicted molar refractivity (Wildman–Crippen MR) is 128 cm³/mol. The van der Waals surface area contributed by atoms with Crippen LogP contribution in [0.2, 0.25) is 0 Å². The molecule has 34 heavy (non-hydrogen) atoms. The first-order chi connectivity index (χ1) is 16.2. The molecule has 0 radical (unpaired) electrons. The summed E-state index contributed by atoms with van der Waals surface area (Å²) >= 11 is 0. The van der Waals surface area contributed by atoms with Crippen LogP contribution in [0.5, 0.6) is 0 Å². The molecule has 11 nitrogen and oxygen atoms in total. The molecule has 1 atom stereocenters. The zero-order valence-electron chi connectivity index (χ0n) is 20.0. The van der Waals surface area contributed by atoms with Crippen LogP contribution < -0.4 is 11.2 Å². The van der Waals surface area contributed by atoms with E-state index < -0.39 is 5.91 Å². The summed E-state index contributed by atoms with van der Waals surface area (Å²) in [7, 11) is 0. The minimum atomic E-state index is -0.469. The van der Waals surface area contributed by atoms with Crippen molar-refractivity contribution in [1.29, 1.82) is 0 Å². The summed E-state index contributed by atoms with van der Waals surface area (Å²) in [6.07, 6.45) is 4.98. The molecule has 3 N–H and O–H groups in total. The van der Waals surface area contributed by atoms with E-state index in [0.29, 0.717) is 18.3 Å². The molecule has 0 bridgehead atoms. The monoisotopic (exact) mass is 465 g/mol. The topological polar surface area (TPSA) is 140 Å². The Kier molecular flexibility index (Phi) is 6.73. The minimum Gasteiger partial charge on any atom is -0.378 e. The first-order valence-electron chi connectivity index (χ1n) is 11.4. The van der Waals surface area contributed by atoms with Crippen LogP contribution in [-0.2, 0) is 12.0 Å². The summed E-state index contributed by atoms with van der Waals surface area (Å²) in [5.74, 6) is -0.196. The number of hydrogen-bond acceptors (Lipinski definition) is 9. The van der Waals surface area contributed by atoms with Crippen molar-refractivity contribution in [3.8, 4) is 5.82 Å². The summed E-state index contributed by atoms with van der Waals surface area (Å²) in [6, 6.07) is 8.42. The Morgan fingerprint density at radius 1 is 1.26 bits per heavy atom. The van der Waals surface area contributed by atoms with Gasteiger partial charge in [0.15, 0.2) is 5.69 Å². The molecule has 1 saturated heterocycles. The molecule has 4 rings (SSSR count). The Morgan fingerprint density at radius 3 is 2.68 bits per heavy atom. The molecule has 0 spiro atoms. The largest absolute Gasteiger partial charge is 0.378 e. The van der Waals surface area contributed by atoms with Crippen molar-refractivity contribution in [3.05, 3.63) is 46.8 Å². The third-order valence-corrected chi connectivity index (χ3v) is 6.12. The highest BCUT2D eigenvalue weighted by molar-refractivity contribution is 5.94. The number of amides is 1. The van der Waals surface area contributed by atoms with Gasteiger partial charge in [-0.3, -0.25) is 9.69 Å². The second kappa shape index (κ2) is 9.72. The van der Waals surface area contributed by atoms with Gasteiger partial charge < -0.3 is 5.73 Å². The van der Waals surface area contributed by atoms with Gasteiger partial charge in [-0.1, -0.05) is 56.7 Å². The van der Waals surface area contributed by atoms with Crippen molar-refractivity contribution < 1.29 is 9.42 Å². The molecule has 180 valence electrons. The highest BCUT2D eigenvalue weighted by Crippen LogP contribution is 2.23. The fraction of sp³-hybridized carbons (Fsp3) is 0.478. The minimum absolute atomic E-state index is 0.0702. The molecule has 1 aliphatic rings. The second-order valence-electron chi connectivity index (χ2n) is 9.66. The second-order valence-corrected chi connectivity index (χ2v) is 9.66. The normalized spacial score (nSPS) is 17.4. The van der Waals surface area contributed by atoms with E-state index in [1.54, 1.807) is 6.21 Å². The first-order valence-corrected chi connectivity index (χ1v) is 11.4. The van der Waals surface area contributed by atoms with Crippen molar-refractivity contribution in [2.75, 3.05) is 12.3 Å². The van der Waals surface area contributed by atoms with Crippen LogP contribution >= 0.6 is 0 Å². The number of carbonyl (C=O) groups is 1. The molecular formula is C23H31N9O2. The lowest BCUT2D eigenvalue weighted by Gasteiger charge is -2.33.